The monoisotopic (exact) mass is 340 g/mol. The Morgan fingerprint density at radius 2 is 2.08 bits per heavy atom. The van der Waals surface area contributed by atoms with E-state index in [0.29, 0.717) is 6.04 Å². The van der Waals surface area contributed by atoms with Crippen molar-refractivity contribution in [2.75, 3.05) is 5.75 Å². The van der Waals surface area contributed by atoms with Crippen LogP contribution in [0, 0.1) is 6.92 Å². The van der Waals surface area contributed by atoms with Crippen molar-refractivity contribution in [2.24, 2.45) is 4.99 Å². The number of thioether (sulfide) groups is 1. The van der Waals surface area contributed by atoms with E-state index in [1.165, 1.54) is 16.6 Å². The van der Waals surface area contributed by atoms with Crippen molar-refractivity contribution in [1.29, 1.82) is 0 Å². The fraction of sp³-hybridized carbons (Fsp3) is 0.474. The molecule has 24 heavy (non-hydrogen) atoms. The van der Waals surface area contributed by atoms with Crippen molar-refractivity contribution in [3.05, 3.63) is 53.6 Å². The molecule has 0 N–H and O–H groups in total. The Balaban J connectivity index is 1.82. The van der Waals surface area contributed by atoms with Gasteiger partial charge in [0, 0.05) is 35.9 Å². The number of aliphatic imine (C=N–C) groups is 1. The second kappa shape index (κ2) is 6.28. The molecular weight excluding hydrogens is 316 g/mol. The summed E-state index contributed by atoms with van der Waals surface area (Å²) in [5.41, 5.74) is 3.76. The van der Waals surface area contributed by atoms with Gasteiger partial charge >= 0.3 is 0 Å². The van der Waals surface area contributed by atoms with Crippen LogP contribution in [0.4, 0.5) is 0 Å². The largest absolute Gasteiger partial charge is 0.347 e. The highest BCUT2D eigenvalue weighted by Crippen LogP contribution is 2.48. The Bertz CT molecular complexity index is 752. The molecule has 0 aliphatic carbocycles. The van der Waals surface area contributed by atoms with Crippen LogP contribution in [0.15, 0.2) is 41.5 Å². The van der Waals surface area contributed by atoms with E-state index in [4.69, 9.17) is 4.99 Å². The van der Waals surface area contributed by atoms with Gasteiger partial charge in [-0.05, 0) is 44.5 Å². The molecule has 0 saturated carbocycles. The summed E-state index contributed by atoms with van der Waals surface area (Å²) in [4.78, 5) is 12.3. The zero-order valence-corrected chi connectivity index (χ0v) is 15.3. The van der Waals surface area contributed by atoms with Crippen molar-refractivity contribution in [3.8, 4) is 0 Å². The number of fused-ring (bicyclic) bond motifs is 1. The fourth-order valence-electron chi connectivity index (χ4n) is 3.95. The second-order valence-electron chi connectivity index (χ2n) is 6.48. The molecule has 0 bridgehead atoms. The molecule has 2 aromatic rings. The van der Waals surface area contributed by atoms with E-state index < -0.39 is 0 Å². The molecule has 4 nitrogen and oxygen atoms in total. The maximum Gasteiger partial charge on any atom is 0.160 e. The number of hydrogen-bond acceptors (Lipinski definition) is 4. The Kier molecular flexibility index (Phi) is 4.12. The Labute approximate surface area is 148 Å². The van der Waals surface area contributed by atoms with Crippen LogP contribution in [0.3, 0.4) is 0 Å². The molecule has 0 spiro atoms. The molecule has 4 rings (SSSR count). The van der Waals surface area contributed by atoms with Gasteiger partial charge in [0.25, 0.3) is 0 Å². The first-order chi connectivity index (χ1) is 11.7. The molecule has 0 radical (unpaired) electrons. The van der Waals surface area contributed by atoms with Gasteiger partial charge < -0.3 is 9.47 Å². The summed E-state index contributed by atoms with van der Waals surface area (Å²) >= 11 is 1.90. The lowest BCUT2D eigenvalue weighted by atomic mass is 9.99. The van der Waals surface area contributed by atoms with Crippen LogP contribution in [0.25, 0.3) is 0 Å². The molecule has 5 heteroatoms. The predicted octanol–water partition coefficient (Wildman–Crippen LogP) is 4.19. The van der Waals surface area contributed by atoms with Crippen LogP contribution >= 0.6 is 11.8 Å². The van der Waals surface area contributed by atoms with E-state index in [1.54, 1.807) is 0 Å². The summed E-state index contributed by atoms with van der Waals surface area (Å²) in [7, 11) is 0. The van der Waals surface area contributed by atoms with Gasteiger partial charge in [0.15, 0.2) is 5.17 Å². The zero-order chi connectivity index (χ0) is 16.7. The van der Waals surface area contributed by atoms with Crippen molar-refractivity contribution in [3.63, 3.8) is 0 Å². The van der Waals surface area contributed by atoms with Gasteiger partial charge in [-0.15, -0.1) is 0 Å². The van der Waals surface area contributed by atoms with Crippen molar-refractivity contribution in [1.82, 2.24) is 14.5 Å². The average molecular weight is 340 g/mol. The van der Waals surface area contributed by atoms with Crippen LogP contribution in [-0.2, 0) is 6.54 Å². The standard InChI is InChI=1S/C19H24N4S/c1-4-14-12-24-19-21-17(15-8-6-7-11-20-15)18(23(14)19)16-10-9-13(3)22(16)5-2/h6-11,14,17-18H,4-5,12H2,1-3H3. The third-order valence-electron chi connectivity index (χ3n) is 5.18. The summed E-state index contributed by atoms with van der Waals surface area (Å²) in [6, 6.07) is 11.6. The molecule has 126 valence electrons. The van der Waals surface area contributed by atoms with E-state index in [0.717, 1.165) is 24.4 Å². The van der Waals surface area contributed by atoms with Crippen LogP contribution < -0.4 is 0 Å². The number of nitrogens with zero attached hydrogens (tertiary/aromatic N) is 4. The van der Waals surface area contributed by atoms with Gasteiger partial charge in [-0.25, -0.2) is 0 Å². The highest BCUT2D eigenvalue weighted by atomic mass is 32.2. The molecule has 0 aromatic carbocycles. The van der Waals surface area contributed by atoms with Crippen LogP contribution in [0.5, 0.6) is 0 Å². The number of pyridine rings is 1. The van der Waals surface area contributed by atoms with E-state index >= 15 is 0 Å². The van der Waals surface area contributed by atoms with Crippen molar-refractivity contribution < 1.29 is 0 Å². The third kappa shape index (κ3) is 2.37. The quantitative estimate of drug-likeness (QED) is 0.837. The summed E-state index contributed by atoms with van der Waals surface area (Å²) < 4.78 is 2.43. The lowest BCUT2D eigenvalue weighted by Gasteiger charge is -2.32. The molecule has 0 amide bonds. The Hall–Kier alpha value is -1.75. The molecule has 2 aromatic heterocycles. The smallest absolute Gasteiger partial charge is 0.160 e. The average Bonchev–Trinajstić information content (AvgIpc) is 3.28. The summed E-state index contributed by atoms with van der Waals surface area (Å²) in [6.45, 7) is 7.69. The molecule has 3 unspecified atom stereocenters. The molecule has 1 saturated heterocycles. The molecule has 3 atom stereocenters. The van der Waals surface area contributed by atoms with Gasteiger partial charge in [-0.2, -0.15) is 0 Å². The van der Waals surface area contributed by atoms with Crippen molar-refractivity contribution in [2.45, 2.75) is 51.9 Å². The highest BCUT2D eigenvalue weighted by Gasteiger charge is 2.46. The number of aryl methyl sites for hydroxylation is 1. The van der Waals surface area contributed by atoms with Gasteiger partial charge in [-0.1, -0.05) is 24.8 Å². The van der Waals surface area contributed by atoms with Crippen molar-refractivity contribution >= 4 is 16.9 Å². The minimum Gasteiger partial charge on any atom is -0.347 e. The van der Waals surface area contributed by atoms with Gasteiger partial charge in [0.2, 0.25) is 0 Å². The van der Waals surface area contributed by atoms with E-state index in [1.807, 2.05) is 24.0 Å². The molecule has 4 heterocycles. The maximum atomic E-state index is 5.09. The van der Waals surface area contributed by atoms with E-state index in [9.17, 15) is 0 Å². The topological polar surface area (TPSA) is 33.4 Å². The summed E-state index contributed by atoms with van der Waals surface area (Å²) in [5.74, 6) is 1.15. The number of amidine groups is 1. The summed E-state index contributed by atoms with van der Waals surface area (Å²) in [5, 5.41) is 1.20. The van der Waals surface area contributed by atoms with Gasteiger partial charge in [0.1, 0.15) is 6.04 Å². The lowest BCUT2D eigenvalue weighted by Crippen LogP contribution is -2.36. The first kappa shape index (κ1) is 15.8. The Morgan fingerprint density at radius 3 is 2.79 bits per heavy atom. The first-order valence-corrected chi connectivity index (χ1v) is 9.79. The fourth-order valence-corrected chi connectivity index (χ4v) is 5.29. The molecule has 2 aliphatic rings. The minimum atomic E-state index is 0.0858. The third-order valence-corrected chi connectivity index (χ3v) is 6.31. The normalized spacial score (nSPS) is 25.9. The second-order valence-corrected chi connectivity index (χ2v) is 7.47. The molecular formula is C19H24N4S. The SMILES string of the molecule is CCC1CSC2=NC(c3ccccn3)C(c3ccc(C)n3CC)N21. The number of rotatable bonds is 4. The summed E-state index contributed by atoms with van der Waals surface area (Å²) in [6.07, 6.45) is 3.04. The predicted molar refractivity (Wildman–Crippen MR) is 100 cm³/mol. The molecule has 1 fully saturated rings. The molecule has 2 aliphatic heterocycles. The van der Waals surface area contributed by atoms with Crippen LogP contribution in [0.1, 0.15) is 49.4 Å². The number of hydrogen-bond donors (Lipinski definition) is 0. The van der Waals surface area contributed by atoms with E-state index in [2.05, 4.69) is 59.5 Å². The van der Waals surface area contributed by atoms with Crippen LogP contribution in [0.2, 0.25) is 0 Å². The highest BCUT2D eigenvalue weighted by molar-refractivity contribution is 8.14. The number of aromatic nitrogens is 2. The zero-order valence-electron chi connectivity index (χ0n) is 14.5. The first-order valence-electron chi connectivity index (χ1n) is 8.80. The minimum absolute atomic E-state index is 0.0858. The lowest BCUT2D eigenvalue weighted by molar-refractivity contribution is 0.245. The Morgan fingerprint density at radius 1 is 1.21 bits per heavy atom. The maximum absolute atomic E-state index is 5.09. The van der Waals surface area contributed by atoms with Crippen LogP contribution in [-0.4, -0.2) is 31.4 Å². The van der Waals surface area contributed by atoms with E-state index in [-0.39, 0.29) is 12.1 Å². The van der Waals surface area contributed by atoms with Gasteiger partial charge in [0.05, 0.1) is 11.7 Å². The van der Waals surface area contributed by atoms with Gasteiger partial charge in [-0.3, -0.25) is 9.98 Å².